The Morgan fingerprint density at radius 1 is 0.769 bits per heavy atom. The number of carbonyl (C=O) groups excluding carboxylic acids is 2. The van der Waals surface area contributed by atoms with Crippen LogP contribution in [0.2, 0.25) is 0 Å². The summed E-state index contributed by atoms with van der Waals surface area (Å²) >= 11 is 0. The molecule has 1 amide bonds. The van der Waals surface area contributed by atoms with Gasteiger partial charge in [-0.25, -0.2) is 9.59 Å². The zero-order chi connectivity index (χ0) is 28.1. The third-order valence-electron chi connectivity index (χ3n) is 6.22. The second-order valence-electron chi connectivity index (χ2n) is 10.6. The molecule has 0 saturated heterocycles. The van der Waals surface area contributed by atoms with Crippen LogP contribution in [-0.4, -0.2) is 42.5 Å². The molecule has 3 aromatic rings. The van der Waals surface area contributed by atoms with Crippen LogP contribution in [-0.2, 0) is 33.6 Å². The summed E-state index contributed by atoms with van der Waals surface area (Å²) in [6, 6.07) is 27.6. The third kappa shape index (κ3) is 10.6. The van der Waals surface area contributed by atoms with Crippen molar-refractivity contribution in [3.8, 4) is 0 Å². The fraction of sp³-hybridized carbons (Fsp3) is 0.394. The van der Waals surface area contributed by atoms with E-state index in [-0.39, 0.29) is 6.54 Å². The van der Waals surface area contributed by atoms with E-state index >= 15 is 0 Å². The van der Waals surface area contributed by atoms with Gasteiger partial charge in [0, 0.05) is 13.0 Å². The number of nitrogens with zero attached hydrogens (tertiary/aromatic N) is 1. The molecule has 0 aliphatic carbocycles. The Morgan fingerprint density at radius 3 is 1.97 bits per heavy atom. The van der Waals surface area contributed by atoms with Crippen LogP contribution in [0, 0.1) is 0 Å². The number of ether oxygens (including phenoxy) is 3. The molecule has 3 aromatic carbocycles. The van der Waals surface area contributed by atoms with Crippen LogP contribution in [0.25, 0.3) is 0 Å². The van der Waals surface area contributed by atoms with Crippen LogP contribution in [0.1, 0.15) is 67.1 Å². The van der Waals surface area contributed by atoms with Gasteiger partial charge >= 0.3 is 12.1 Å². The van der Waals surface area contributed by atoms with Gasteiger partial charge < -0.3 is 14.2 Å². The Labute approximate surface area is 232 Å². The number of benzene rings is 3. The number of rotatable bonds is 13. The largest absolute Gasteiger partial charge is 0.465 e. The van der Waals surface area contributed by atoms with Crippen molar-refractivity contribution < 1.29 is 23.8 Å². The number of esters is 1. The summed E-state index contributed by atoms with van der Waals surface area (Å²) in [4.78, 5) is 27.0. The van der Waals surface area contributed by atoms with Crippen molar-refractivity contribution in [3.05, 3.63) is 107 Å². The van der Waals surface area contributed by atoms with Crippen LogP contribution in [0.3, 0.4) is 0 Å². The fourth-order valence-corrected chi connectivity index (χ4v) is 4.21. The molecule has 1 atom stereocenters. The van der Waals surface area contributed by atoms with E-state index in [4.69, 9.17) is 14.2 Å². The number of hydrogen-bond donors (Lipinski definition) is 0. The maximum Gasteiger partial charge on any atom is 0.412 e. The Balaban J connectivity index is 1.73. The highest BCUT2D eigenvalue weighted by atomic mass is 16.6. The molecule has 0 saturated carbocycles. The average Bonchev–Trinajstić information content (AvgIpc) is 2.93. The minimum atomic E-state index is -0.654. The summed E-state index contributed by atoms with van der Waals surface area (Å²) in [5.41, 5.74) is 3.07. The second kappa shape index (κ2) is 15.1. The fourth-order valence-electron chi connectivity index (χ4n) is 4.21. The van der Waals surface area contributed by atoms with Crippen molar-refractivity contribution in [1.82, 2.24) is 4.90 Å². The predicted molar refractivity (Wildman–Crippen MR) is 153 cm³/mol. The second-order valence-corrected chi connectivity index (χ2v) is 10.6. The third-order valence-corrected chi connectivity index (χ3v) is 6.22. The summed E-state index contributed by atoms with van der Waals surface area (Å²) in [6.45, 7) is 6.38. The van der Waals surface area contributed by atoms with Crippen LogP contribution in [0.4, 0.5) is 4.79 Å². The van der Waals surface area contributed by atoms with Crippen molar-refractivity contribution in [2.24, 2.45) is 0 Å². The van der Waals surface area contributed by atoms with Crippen molar-refractivity contribution in [2.75, 3.05) is 13.7 Å². The van der Waals surface area contributed by atoms with Crippen LogP contribution in [0.15, 0.2) is 84.9 Å². The summed E-state index contributed by atoms with van der Waals surface area (Å²) in [7, 11) is 1.35. The number of methoxy groups -OCH3 is 1. The first-order valence-corrected chi connectivity index (χ1v) is 13.6. The maximum absolute atomic E-state index is 13.5. The van der Waals surface area contributed by atoms with Crippen LogP contribution >= 0.6 is 0 Å². The lowest BCUT2D eigenvalue weighted by Gasteiger charge is -2.34. The van der Waals surface area contributed by atoms with Crippen molar-refractivity contribution >= 4 is 12.1 Å². The predicted octanol–water partition coefficient (Wildman–Crippen LogP) is 7.21. The topological polar surface area (TPSA) is 65.1 Å². The first-order chi connectivity index (χ1) is 18.7. The lowest BCUT2D eigenvalue weighted by Crippen LogP contribution is -2.45. The molecule has 0 aliphatic heterocycles. The highest BCUT2D eigenvalue weighted by Crippen LogP contribution is 2.20. The number of hydrogen-bond acceptors (Lipinski definition) is 5. The molecular weight excluding hydrogens is 490 g/mol. The minimum Gasteiger partial charge on any atom is -0.465 e. The van der Waals surface area contributed by atoms with Crippen molar-refractivity contribution in [2.45, 2.75) is 71.2 Å². The Hall–Kier alpha value is -3.64. The molecule has 0 spiro atoms. The van der Waals surface area contributed by atoms with Crippen molar-refractivity contribution in [3.63, 3.8) is 0 Å². The zero-order valence-electron chi connectivity index (χ0n) is 23.6. The van der Waals surface area contributed by atoms with E-state index in [9.17, 15) is 9.59 Å². The number of unbranched alkanes of at least 4 members (excludes halogenated alkanes) is 2. The lowest BCUT2D eigenvalue weighted by atomic mass is 10.1. The quantitative estimate of drug-likeness (QED) is 0.132. The molecule has 0 aliphatic rings. The number of amides is 1. The summed E-state index contributed by atoms with van der Waals surface area (Å²) in [5, 5.41) is 0. The van der Waals surface area contributed by atoms with Gasteiger partial charge in [-0.3, -0.25) is 4.90 Å². The van der Waals surface area contributed by atoms with E-state index in [1.54, 1.807) is 17.0 Å². The molecule has 39 heavy (non-hydrogen) atoms. The van der Waals surface area contributed by atoms with Crippen LogP contribution < -0.4 is 0 Å². The Morgan fingerprint density at radius 2 is 1.38 bits per heavy atom. The van der Waals surface area contributed by atoms with Gasteiger partial charge in [0.25, 0.3) is 0 Å². The van der Waals surface area contributed by atoms with E-state index < -0.39 is 23.9 Å². The summed E-state index contributed by atoms with van der Waals surface area (Å²) in [5.74, 6) is -0.400. The van der Waals surface area contributed by atoms with Crippen LogP contribution in [0.5, 0.6) is 0 Å². The molecule has 3 rings (SSSR count). The summed E-state index contributed by atoms with van der Waals surface area (Å²) < 4.78 is 17.0. The van der Waals surface area contributed by atoms with Crippen molar-refractivity contribution in [1.29, 1.82) is 0 Å². The number of aryl methyl sites for hydroxylation is 1. The normalized spacial score (nSPS) is 12.0. The van der Waals surface area contributed by atoms with Gasteiger partial charge in [0.2, 0.25) is 0 Å². The van der Waals surface area contributed by atoms with Gasteiger partial charge in [-0.05, 0) is 68.9 Å². The highest BCUT2D eigenvalue weighted by molar-refractivity contribution is 5.89. The van der Waals surface area contributed by atoms with E-state index in [2.05, 4.69) is 24.3 Å². The number of carbonyl (C=O) groups is 2. The highest BCUT2D eigenvalue weighted by Gasteiger charge is 2.29. The molecule has 0 N–H and O–H groups in total. The summed E-state index contributed by atoms with van der Waals surface area (Å²) in [6.07, 6.45) is 3.63. The minimum absolute atomic E-state index is 0.280. The zero-order valence-corrected chi connectivity index (χ0v) is 23.6. The molecule has 0 aromatic heterocycles. The molecule has 0 radical (unpaired) electrons. The Bertz CT molecular complexity index is 1140. The van der Waals surface area contributed by atoms with E-state index in [1.165, 1.54) is 12.7 Å². The van der Waals surface area contributed by atoms with Gasteiger partial charge in [-0.1, -0.05) is 79.2 Å². The molecule has 208 valence electrons. The average molecular weight is 532 g/mol. The van der Waals surface area contributed by atoms with Gasteiger partial charge in [-0.2, -0.15) is 0 Å². The van der Waals surface area contributed by atoms with Gasteiger partial charge in [0.15, 0.2) is 0 Å². The van der Waals surface area contributed by atoms with E-state index in [0.717, 1.165) is 36.8 Å². The monoisotopic (exact) mass is 531 g/mol. The molecule has 0 fully saturated rings. The lowest BCUT2D eigenvalue weighted by molar-refractivity contribution is -0.0714. The van der Waals surface area contributed by atoms with Gasteiger partial charge in [0.05, 0.1) is 19.2 Å². The van der Waals surface area contributed by atoms with Gasteiger partial charge in [-0.15, -0.1) is 0 Å². The Kier molecular flexibility index (Phi) is 11.6. The first kappa shape index (κ1) is 29.9. The smallest absolute Gasteiger partial charge is 0.412 e. The SMILES string of the molecule is COC(=O)c1ccc(CN(C(=O)OC(C)(C)C)C(Cc2ccccc2)OCCCCCc2ccccc2)cc1. The molecule has 0 bridgehead atoms. The molecule has 0 heterocycles. The first-order valence-electron chi connectivity index (χ1n) is 13.6. The van der Waals surface area contributed by atoms with E-state index in [1.807, 2.05) is 69.3 Å². The molecular formula is C33H41NO5. The molecule has 6 heteroatoms. The standard InChI is InChI=1S/C33H41NO5/c1-33(2,3)39-32(36)34(25-28-19-21-29(22-20-28)31(35)37-4)30(24-27-17-10-6-11-18-27)38-23-13-7-12-16-26-14-8-5-9-15-26/h5-6,8-11,14-15,17-22,30H,7,12-13,16,23-25H2,1-4H3. The molecule has 6 nitrogen and oxygen atoms in total. The maximum atomic E-state index is 13.5. The molecule has 1 unspecified atom stereocenters. The van der Waals surface area contributed by atoms with E-state index in [0.29, 0.717) is 18.6 Å². The van der Waals surface area contributed by atoms with Gasteiger partial charge in [0.1, 0.15) is 11.8 Å².